The second kappa shape index (κ2) is 12.0. The molecule has 0 unspecified atom stereocenters. The number of hydrogen-bond acceptors (Lipinski definition) is 6. The molecule has 0 aliphatic rings. The molecule has 186 valence electrons. The highest BCUT2D eigenvalue weighted by molar-refractivity contribution is 5.69. The van der Waals surface area contributed by atoms with E-state index in [1.165, 1.54) is 0 Å². The Morgan fingerprint density at radius 2 is 1.58 bits per heavy atom. The number of para-hydroxylation sites is 1. The lowest BCUT2D eigenvalue weighted by atomic mass is 10.1. The Morgan fingerprint density at radius 1 is 0.889 bits per heavy atom. The standard InChI is InChI=1S/C29H30N2O5/c1-21-28(30-22(2)35-21)15-16-34-27-10-6-7-24(17-27)19-31(20-29(32)33)18-23-11-13-26(14-12-23)36-25-8-4-3-5-9-25/h3-14,17H,15-16,18-20H2,1-2H3,(H,32,33). The molecule has 7 heteroatoms. The normalized spacial score (nSPS) is 11.0. The lowest BCUT2D eigenvalue weighted by molar-refractivity contribution is -0.138. The minimum Gasteiger partial charge on any atom is -0.493 e. The number of carboxylic acids is 1. The van der Waals surface area contributed by atoms with E-state index in [1.54, 1.807) is 0 Å². The maximum Gasteiger partial charge on any atom is 0.317 e. The fraction of sp³-hybridized carbons (Fsp3) is 0.241. The molecule has 36 heavy (non-hydrogen) atoms. The molecule has 1 aromatic heterocycles. The van der Waals surface area contributed by atoms with E-state index < -0.39 is 5.97 Å². The van der Waals surface area contributed by atoms with E-state index >= 15 is 0 Å². The van der Waals surface area contributed by atoms with Crippen molar-refractivity contribution in [1.82, 2.24) is 9.88 Å². The zero-order chi connectivity index (χ0) is 25.3. The van der Waals surface area contributed by atoms with Crippen LogP contribution in [0.1, 0.15) is 28.5 Å². The van der Waals surface area contributed by atoms with E-state index in [4.69, 9.17) is 13.9 Å². The van der Waals surface area contributed by atoms with Gasteiger partial charge in [-0.2, -0.15) is 0 Å². The molecule has 0 radical (unpaired) electrons. The lowest BCUT2D eigenvalue weighted by Crippen LogP contribution is -2.29. The van der Waals surface area contributed by atoms with Crippen molar-refractivity contribution in [2.45, 2.75) is 33.4 Å². The molecule has 0 saturated heterocycles. The van der Waals surface area contributed by atoms with Crippen LogP contribution in [0.3, 0.4) is 0 Å². The Bertz CT molecular complexity index is 1270. The van der Waals surface area contributed by atoms with Crippen molar-refractivity contribution in [2.75, 3.05) is 13.2 Å². The number of aromatic nitrogens is 1. The molecule has 0 saturated carbocycles. The number of hydrogen-bond donors (Lipinski definition) is 1. The molecular formula is C29H30N2O5. The fourth-order valence-corrected chi connectivity index (χ4v) is 3.97. The van der Waals surface area contributed by atoms with Gasteiger partial charge in [0.25, 0.3) is 0 Å². The number of nitrogens with zero attached hydrogens (tertiary/aromatic N) is 2. The quantitative estimate of drug-likeness (QED) is 0.271. The van der Waals surface area contributed by atoms with E-state index in [0.29, 0.717) is 32.0 Å². The Balaban J connectivity index is 1.35. The van der Waals surface area contributed by atoms with Crippen LogP contribution in [0.2, 0.25) is 0 Å². The second-order valence-corrected chi connectivity index (χ2v) is 8.58. The number of ether oxygens (including phenoxy) is 2. The Labute approximate surface area is 210 Å². The van der Waals surface area contributed by atoms with Gasteiger partial charge in [0.1, 0.15) is 23.0 Å². The molecule has 0 bridgehead atoms. The first-order chi connectivity index (χ1) is 17.4. The highest BCUT2D eigenvalue weighted by Gasteiger charge is 2.13. The number of carboxylic acid groups (broad SMARTS) is 1. The maximum absolute atomic E-state index is 11.5. The first-order valence-corrected chi connectivity index (χ1v) is 11.9. The third-order valence-electron chi connectivity index (χ3n) is 5.58. The van der Waals surface area contributed by atoms with Crippen molar-refractivity contribution in [3.05, 3.63) is 107 Å². The van der Waals surface area contributed by atoms with Gasteiger partial charge >= 0.3 is 5.97 Å². The van der Waals surface area contributed by atoms with Crippen LogP contribution in [-0.4, -0.2) is 34.1 Å². The van der Waals surface area contributed by atoms with Gasteiger partial charge in [0.2, 0.25) is 0 Å². The third kappa shape index (κ3) is 7.45. The van der Waals surface area contributed by atoms with Crippen LogP contribution in [0, 0.1) is 13.8 Å². The van der Waals surface area contributed by atoms with Gasteiger partial charge in [-0.05, 0) is 54.4 Å². The lowest BCUT2D eigenvalue weighted by Gasteiger charge is -2.21. The average Bonchev–Trinajstić information content (AvgIpc) is 3.17. The van der Waals surface area contributed by atoms with Gasteiger partial charge < -0.3 is 19.0 Å². The van der Waals surface area contributed by atoms with Crippen LogP contribution in [-0.2, 0) is 24.3 Å². The highest BCUT2D eigenvalue weighted by atomic mass is 16.5. The Hall–Kier alpha value is -4.10. The summed E-state index contributed by atoms with van der Waals surface area (Å²) >= 11 is 0. The molecule has 1 heterocycles. The van der Waals surface area contributed by atoms with Gasteiger partial charge in [-0.3, -0.25) is 9.69 Å². The molecule has 7 nitrogen and oxygen atoms in total. The summed E-state index contributed by atoms with van der Waals surface area (Å²) in [6.07, 6.45) is 0.655. The molecule has 0 spiro atoms. The summed E-state index contributed by atoms with van der Waals surface area (Å²) < 4.78 is 17.2. The van der Waals surface area contributed by atoms with Gasteiger partial charge in [-0.25, -0.2) is 4.98 Å². The molecule has 0 aliphatic heterocycles. The fourth-order valence-electron chi connectivity index (χ4n) is 3.97. The predicted molar refractivity (Wildman–Crippen MR) is 136 cm³/mol. The molecular weight excluding hydrogens is 456 g/mol. The van der Waals surface area contributed by atoms with Crippen LogP contribution in [0.4, 0.5) is 0 Å². The van der Waals surface area contributed by atoms with Crippen LogP contribution in [0.5, 0.6) is 17.2 Å². The van der Waals surface area contributed by atoms with E-state index in [1.807, 2.05) is 97.6 Å². The number of benzene rings is 3. The zero-order valence-electron chi connectivity index (χ0n) is 20.5. The Morgan fingerprint density at radius 3 is 2.28 bits per heavy atom. The molecule has 0 amide bonds. The van der Waals surface area contributed by atoms with Gasteiger partial charge in [0.15, 0.2) is 5.89 Å². The highest BCUT2D eigenvalue weighted by Crippen LogP contribution is 2.22. The summed E-state index contributed by atoms with van der Waals surface area (Å²) in [5, 5.41) is 9.45. The number of aryl methyl sites for hydroxylation is 2. The first kappa shape index (κ1) is 25.0. The van der Waals surface area contributed by atoms with E-state index in [-0.39, 0.29) is 6.54 Å². The minimum atomic E-state index is -0.871. The number of rotatable bonds is 12. The smallest absolute Gasteiger partial charge is 0.317 e. The summed E-state index contributed by atoms with van der Waals surface area (Å²) in [5.74, 6) is 2.84. The molecule has 4 rings (SSSR count). The maximum atomic E-state index is 11.5. The summed E-state index contributed by atoms with van der Waals surface area (Å²) in [4.78, 5) is 17.8. The van der Waals surface area contributed by atoms with Crippen LogP contribution >= 0.6 is 0 Å². The summed E-state index contributed by atoms with van der Waals surface area (Å²) in [7, 11) is 0. The van der Waals surface area contributed by atoms with Crippen LogP contribution in [0.15, 0.2) is 83.3 Å². The van der Waals surface area contributed by atoms with Crippen molar-refractivity contribution < 1.29 is 23.8 Å². The minimum absolute atomic E-state index is 0.0713. The average molecular weight is 487 g/mol. The van der Waals surface area contributed by atoms with Crippen molar-refractivity contribution in [3.63, 3.8) is 0 Å². The van der Waals surface area contributed by atoms with Crippen molar-refractivity contribution in [3.8, 4) is 17.2 Å². The summed E-state index contributed by atoms with van der Waals surface area (Å²) in [5.41, 5.74) is 2.88. The van der Waals surface area contributed by atoms with E-state index in [2.05, 4.69) is 4.98 Å². The molecule has 0 fully saturated rings. The van der Waals surface area contributed by atoms with Gasteiger partial charge in [-0.1, -0.05) is 42.5 Å². The van der Waals surface area contributed by atoms with Crippen molar-refractivity contribution in [2.24, 2.45) is 0 Å². The molecule has 3 aromatic carbocycles. The monoisotopic (exact) mass is 486 g/mol. The van der Waals surface area contributed by atoms with Gasteiger partial charge in [0.05, 0.1) is 18.8 Å². The number of aliphatic carboxylic acids is 1. The molecule has 1 N–H and O–H groups in total. The zero-order valence-corrected chi connectivity index (χ0v) is 20.5. The van der Waals surface area contributed by atoms with Crippen LogP contribution in [0.25, 0.3) is 0 Å². The second-order valence-electron chi connectivity index (χ2n) is 8.58. The van der Waals surface area contributed by atoms with Crippen LogP contribution < -0.4 is 9.47 Å². The first-order valence-electron chi connectivity index (χ1n) is 11.9. The number of carbonyl (C=O) groups is 1. The number of oxazole rings is 1. The van der Waals surface area contributed by atoms with E-state index in [0.717, 1.165) is 39.8 Å². The SMILES string of the molecule is Cc1nc(CCOc2cccc(CN(CC(=O)O)Cc3ccc(Oc4ccccc4)cc3)c2)c(C)o1. The van der Waals surface area contributed by atoms with Gasteiger partial charge in [-0.15, -0.1) is 0 Å². The molecule has 0 aliphatic carbocycles. The molecule has 0 atom stereocenters. The largest absolute Gasteiger partial charge is 0.493 e. The molecule has 4 aromatic rings. The summed E-state index contributed by atoms with van der Waals surface area (Å²) in [6.45, 7) is 5.11. The van der Waals surface area contributed by atoms with Crippen molar-refractivity contribution in [1.29, 1.82) is 0 Å². The third-order valence-corrected chi connectivity index (χ3v) is 5.58. The predicted octanol–water partition coefficient (Wildman–Crippen LogP) is 5.79. The topological polar surface area (TPSA) is 85.0 Å². The van der Waals surface area contributed by atoms with E-state index in [9.17, 15) is 9.90 Å². The van der Waals surface area contributed by atoms with Crippen molar-refractivity contribution >= 4 is 5.97 Å². The summed E-state index contributed by atoms with van der Waals surface area (Å²) in [6, 6.07) is 25.0. The Kier molecular flexibility index (Phi) is 8.36. The van der Waals surface area contributed by atoms with Gasteiger partial charge in [0, 0.05) is 26.4 Å².